The minimum absolute atomic E-state index is 0.0315. The molecule has 150 valence electrons. The molecule has 0 spiro atoms. The Morgan fingerprint density at radius 1 is 1.03 bits per heavy atom. The van der Waals surface area contributed by atoms with Crippen molar-refractivity contribution in [3.05, 3.63) is 93.4 Å². The lowest BCUT2D eigenvalue weighted by Crippen LogP contribution is -2.05. The maximum atomic E-state index is 12.7. The zero-order chi connectivity index (χ0) is 21.1. The van der Waals surface area contributed by atoms with E-state index in [-0.39, 0.29) is 11.5 Å². The number of carbonyl (C=O) groups is 1. The topological polar surface area (TPSA) is 47.8 Å². The van der Waals surface area contributed by atoms with E-state index < -0.39 is 0 Å². The first-order valence-electron chi connectivity index (χ1n) is 9.21. The Hall–Kier alpha value is -2.41. The van der Waals surface area contributed by atoms with Gasteiger partial charge in [-0.25, -0.2) is 0 Å². The molecule has 4 rings (SSSR count). The van der Waals surface area contributed by atoms with Crippen LogP contribution in [0, 0.1) is 6.92 Å². The molecule has 7 heteroatoms. The van der Waals surface area contributed by atoms with Crippen LogP contribution in [0.5, 0.6) is 0 Å². The Bertz CT molecular complexity index is 1210. The van der Waals surface area contributed by atoms with Crippen molar-refractivity contribution < 1.29 is 4.79 Å². The van der Waals surface area contributed by atoms with Crippen molar-refractivity contribution >= 4 is 45.1 Å². The fourth-order valence-electron chi connectivity index (χ4n) is 2.98. The minimum atomic E-state index is 0.0315. The zero-order valence-corrected chi connectivity index (χ0v) is 19.2. The predicted molar refractivity (Wildman–Crippen MR) is 126 cm³/mol. The van der Waals surface area contributed by atoms with Crippen LogP contribution in [0.4, 0.5) is 0 Å². The van der Waals surface area contributed by atoms with Gasteiger partial charge in [0.15, 0.2) is 16.8 Å². The van der Waals surface area contributed by atoms with Gasteiger partial charge in [0.1, 0.15) is 0 Å². The molecule has 0 amide bonds. The highest BCUT2D eigenvalue weighted by Crippen LogP contribution is 2.30. The van der Waals surface area contributed by atoms with Gasteiger partial charge in [-0.2, -0.15) is 0 Å². The molecule has 3 aromatic carbocycles. The molecule has 1 aromatic heterocycles. The molecule has 0 radical (unpaired) electrons. The summed E-state index contributed by atoms with van der Waals surface area (Å²) in [6.45, 7) is 2.04. The molecule has 0 unspecified atom stereocenters. The Balaban J connectivity index is 1.69. The maximum absolute atomic E-state index is 12.7. The molecular weight excluding hydrogens is 482 g/mol. The average Bonchev–Trinajstić information content (AvgIpc) is 3.16. The first-order chi connectivity index (χ1) is 14.5. The second-order valence-corrected chi connectivity index (χ2v) is 9.00. The van der Waals surface area contributed by atoms with Gasteiger partial charge in [-0.1, -0.05) is 81.3 Å². The quantitative estimate of drug-likeness (QED) is 0.221. The summed E-state index contributed by atoms with van der Waals surface area (Å²) in [4.78, 5) is 12.7. The van der Waals surface area contributed by atoms with Gasteiger partial charge in [-0.05, 0) is 43.3 Å². The Labute approximate surface area is 192 Å². The maximum Gasteiger partial charge on any atom is 0.196 e. The number of nitrogens with zero attached hydrogens (tertiary/aromatic N) is 3. The summed E-state index contributed by atoms with van der Waals surface area (Å²) in [5.41, 5.74) is 3.61. The summed E-state index contributed by atoms with van der Waals surface area (Å²) in [7, 11) is 0. The molecule has 0 saturated carbocycles. The van der Waals surface area contributed by atoms with Crippen LogP contribution in [0.2, 0.25) is 5.02 Å². The third-order valence-electron chi connectivity index (χ3n) is 4.49. The van der Waals surface area contributed by atoms with Crippen LogP contribution in [0.1, 0.15) is 15.9 Å². The third-order valence-corrected chi connectivity index (χ3v) is 6.14. The molecule has 0 fully saturated rings. The van der Waals surface area contributed by atoms with Gasteiger partial charge in [0.05, 0.1) is 5.75 Å². The summed E-state index contributed by atoms with van der Waals surface area (Å²) in [6.07, 6.45) is 0. The molecule has 1 heterocycles. The summed E-state index contributed by atoms with van der Waals surface area (Å²) in [6, 6.07) is 23.0. The Morgan fingerprint density at radius 2 is 1.80 bits per heavy atom. The lowest BCUT2D eigenvalue weighted by Gasteiger charge is -2.11. The number of hydrogen-bond donors (Lipinski definition) is 0. The van der Waals surface area contributed by atoms with Crippen LogP contribution < -0.4 is 0 Å². The standard InChI is InChI=1S/C23H17BrClN3OS/c1-15-8-10-20(11-9-15)28-22(17-5-3-7-19(25)13-17)26-27-23(28)30-14-21(29)16-4-2-6-18(24)12-16/h2-13H,14H2,1H3. The average molecular weight is 499 g/mol. The van der Waals surface area contributed by atoms with Crippen LogP contribution in [0.15, 0.2) is 82.4 Å². The highest BCUT2D eigenvalue weighted by molar-refractivity contribution is 9.10. The molecule has 0 saturated heterocycles. The van der Waals surface area contributed by atoms with E-state index in [1.165, 1.54) is 11.8 Å². The van der Waals surface area contributed by atoms with Crippen LogP contribution in [-0.4, -0.2) is 26.3 Å². The van der Waals surface area contributed by atoms with E-state index in [1.54, 1.807) is 0 Å². The van der Waals surface area contributed by atoms with E-state index in [2.05, 4.69) is 26.1 Å². The lowest BCUT2D eigenvalue weighted by atomic mass is 10.2. The number of aryl methyl sites for hydroxylation is 1. The van der Waals surface area contributed by atoms with Crippen LogP contribution in [0.3, 0.4) is 0 Å². The number of hydrogen-bond acceptors (Lipinski definition) is 4. The van der Waals surface area contributed by atoms with Gasteiger partial charge < -0.3 is 0 Å². The fraction of sp³-hybridized carbons (Fsp3) is 0.0870. The number of benzene rings is 3. The number of thioether (sulfide) groups is 1. The second kappa shape index (κ2) is 9.16. The number of halogens is 2. The van der Waals surface area contributed by atoms with E-state index in [9.17, 15) is 4.79 Å². The summed E-state index contributed by atoms with van der Waals surface area (Å²) in [5, 5.41) is 10.1. The van der Waals surface area contributed by atoms with Crippen molar-refractivity contribution in [1.29, 1.82) is 0 Å². The lowest BCUT2D eigenvalue weighted by molar-refractivity contribution is 0.102. The van der Waals surface area contributed by atoms with Crippen molar-refractivity contribution in [1.82, 2.24) is 14.8 Å². The van der Waals surface area contributed by atoms with Crippen LogP contribution in [0.25, 0.3) is 17.1 Å². The van der Waals surface area contributed by atoms with E-state index in [0.29, 0.717) is 21.6 Å². The first-order valence-corrected chi connectivity index (χ1v) is 11.4. The number of aromatic nitrogens is 3. The number of rotatable bonds is 6. The third kappa shape index (κ3) is 4.67. The number of ketones is 1. The Kier molecular flexibility index (Phi) is 6.37. The van der Waals surface area contributed by atoms with E-state index in [4.69, 9.17) is 11.6 Å². The minimum Gasteiger partial charge on any atom is -0.293 e. The molecule has 0 aliphatic heterocycles. The normalized spacial score (nSPS) is 10.9. The summed E-state index contributed by atoms with van der Waals surface area (Å²) in [5.74, 6) is 0.971. The van der Waals surface area contributed by atoms with E-state index in [0.717, 1.165) is 21.3 Å². The first kappa shape index (κ1) is 20.8. The Morgan fingerprint density at radius 3 is 2.53 bits per heavy atom. The van der Waals surface area contributed by atoms with Crippen LogP contribution >= 0.6 is 39.3 Å². The van der Waals surface area contributed by atoms with Crippen molar-refractivity contribution in [2.24, 2.45) is 0 Å². The van der Waals surface area contributed by atoms with Gasteiger partial charge in [0.2, 0.25) is 0 Å². The number of carbonyl (C=O) groups excluding carboxylic acids is 1. The monoisotopic (exact) mass is 497 g/mol. The fourth-order valence-corrected chi connectivity index (χ4v) is 4.42. The van der Waals surface area contributed by atoms with Crippen molar-refractivity contribution in [3.63, 3.8) is 0 Å². The summed E-state index contributed by atoms with van der Waals surface area (Å²) >= 11 is 11.0. The molecule has 30 heavy (non-hydrogen) atoms. The summed E-state index contributed by atoms with van der Waals surface area (Å²) < 4.78 is 2.84. The molecule has 0 bridgehead atoms. The smallest absolute Gasteiger partial charge is 0.196 e. The van der Waals surface area contributed by atoms with Gasteiger partial charge in [-0.3, -0.25) is 9.36 Å². The molecule has 0 aliphatic rings. The molecular formula is C23H17BrClN3OS. The van der Waals surface area contributed by atoms with Gasteiger partial charge in [-0.15, -0.1) is 10.2 Å². The SMILES string of the molecule is Cc1ccc(-n2c(SCC(=O)c3cccc(Br)c3)nnc2-c2cccc(Cl)c2)cc1. The number of Topliss-reactive ketones (excluding diaryl/α,β-unsaturated/α-hetero) is 1. The molecule has 0 aliphatic carbocycles. The molecule has 0 N–H and O–H groups in total. The van der Waals surface area contributed by atoms with Crippen molar-refractivity contribution in [2.75, 3.05) is 5.75 Å². The van der Waals surface area contributed by atoms with E-state index in [1.807, 2.05) is 84.3 Å². The van der Waals surface area contributed by atoms with Crippen molar-refractivity contribution in [2.45, 2.75) is 12.1 Å². The zero-order valence-electron chi connectivity index (χ0n) is 16.0. The van der Waals surface area contributed by atoms with Gasteiger partial charge >= 0.3 is 0 Å². The highest BCUT2D eigenvalue weighted by Gasteiger charge is 2.18. The molecule has 0 atom stereocenters. The van der Waals surface area contributed by atoms with Gasteiger partial charge in [0, 0.05) is 26.3 Å². The largest absolute Gasteiger partial charge is 0.293 e. The molecule has 4 aromatic rings. The van der Waals surface area contributed by atoms with E-state index >= 15 is 0 Å². The highest BCUT2D eigenvalue weighted by atomic mass is 79.9. The molecule has 4 nitrogen and oxygen atoms in total. The second-order valence-electron chi connectivity index (χ2n) is 6.71. The van der Waals surface area contributed by atoms with Gasteiger partial charge in [0.25, 0.3) is 0 Å². The van der Waals surface area contributed by atoms with Crippen LogP contribution in [-0.2, 0) is 0 Å². The van der Waals surface area contributed by atoms with Crippen molar-refractivity contribution in [3.8, 4) is 17.1 Å². The predicted octanol–water partition coefficient (Wildman–Crippen LogP) is 6.63.